The summed E-state index contributed by atoms with van der Waals surface area (Å²) in [4.78, 5) is 8.11. The molecule has 0 radical (unpaired) electrons. The molecule has 3 nitrogen and oxygen atoms in total. The lowest BCUT2D eigenvalue weighted by Crippen LogP contribution is -2.20. The molecule has 0 bridgehead atoms. The summed E-state index contributed by atoms with van der Waals surface area (Å²) in [6.07, 6.45) is 1.55. The van der Waals surface area contributed by atoms with Gasteiger partial charge in [0.25, 0.3) is 0 Å². The van der Waals surface area contributed by atoms with Crippen molar-refractivity contribution in [1.29, 1.82) is 0 Å². The Balaban J connectivity index is 2.45. The van der Waals surface area contributed by atoms with Crippen LogP contribution in [-0.4, -0.2) is 21.9 Å². The molecule has 14 heavy (non-hydrogen) atoms. The number of aryl methyl sites for hydroxylation is 1. The second-order valence-electron chi connectivity index (χ2n) is 3.69. The van der Waals surface area contributed by atoms with Crippen molar-refractivity contribution in [3.8, 4) is 0 Å². The van der Waals surface area contributed by atoms with Crippen LogP contribution in [0.4, 0.5) is 5.82 Å². The number of rotatable bonds is 4. The van der Waals surface area contributed by atoms with E-state index in [2.05, 4.69) is 29.1 Å². The van der Waals surface area contributed by atoms with E-state index in [9.17, 15) is 0 Å². The van der Waals surface area contributed by atoms with E-state index in [1.807, 2.05) is 13.0 Å². The van der Waals surface area contributed by atoms with Crippen molar-refractivity contribution in [3.63, 3.8) is 0 Å². The summed E-state index contributed by atoms with van der Waals surface area (Å²) in [6.45, 7) is 6.87. The van der Waals surface area contributed by atoms with Gasteiger partial charge in [0.2, 0.25) is 0 Å². The third-order valence-corrected chi connectivity index (χ3v) is 2.66. The third-order valence-electron chi connectivity index (χ3n) is 2.01. The minimum absolute atomic E-state index is 0.130. The Labute approximate surface area is 89.9 Å². The zero-order valence-electron chi connectivity index (χ0n) is 8.79. The fourth-order valence-electron chi connectivity index (χ4n) is 0.989. The zero-order valence-corrected chi connectivity index (χ0v) is 9.54. The molecule has 4 heteroatoms. The van der Waals surface area contributed by atoms with E-state index in [4.69, 9.17) is 11.6 Å². The maximum absolute atomic E-state index is 6.10. The first-order chi connectivity index (χ1) is 6.59. The molecule has 1 rings (SSSR count). The van der Waals surface area contributed by atoms with Crippen molar-refractivity contribution < 1.29 is 0 Å². The number of halogens is 1. The Bertz CT molecular complexity index is 288. The summed E-state index contributed by atoms with van der Waals surface area (Å²) < 4.78 is 0. The van der Waals surface area contributed by atoms with Gasteiger partial charge in [-0.05, 0) is 12.8 Å². The predicted octanol–water partition coefficient (Wildman–Crippen LogP) is 2.46. The van der Waals surface area contributed by atoms with Gasteiger partial charge in [0.1, 0.15) is 12.1 Å². The van der Waals surface area contributed by atoms with Gasteiger partial charge in [-0.2, -0.15) is 0 Å². The first-order valence-corrected chi connectivity index (χ1v) is 5.20. The van der Waals surface area contributed by atoms with Crippen LogP contribution in [0.3, 0.4) is 0 Å². The predicted molar refractivity (Wildman–Crippen MR) is 59.7 cm³/mol. The minimum atomic E-state index is 0.130. The third kappa shape index (κ3) is 3.50. The van der Waals surface area contributed by atoms with Gasteiger partial charge in [0.05, 0.1) is 5.38 Å². The standard InChI is InChI=1S/C10H16ClN3/c1-7(2)9(11)5-12-10-4-8(3)13-6-14-10/h4,6-7,9H,5H2,1-3H3,(H,12,13,14). The molecule has 1 aromatic heterocycles. The fraction of sp³-hybridized carbons (Fsp3) is 0.600. The van der Waals surface area contributed by atoms with Crippen LogP contribution >= 0.6 is 11.6 Å². The van der Waals surface area contributed by atoms with Gasteiger partial charge in [0, 0.05) is 18.3 Å². The molecule has 0 spiro atoms. The number of alkyl halides is 1. The van der Waals surface area contributed by atoms with Crippen LogP contribution in [0.2, 0.25) is 0 Å². The van der Waals surface area contributed by atoms with Crippen molar-refractivity contribution in [2.24, 2.45) is 5.92 Å². The van der Waals surface area contributed by atoms with Crippen LogP contribution in [0, 0.1) is 12.8 Å². The normalized spacial score (nSPS) is 12.9. The highest BCUT2D eigenvalue weighted by Gasteiger charge is 2.08. The molecule has 0 aliphatic rings. The maximum atomic E-state index is 6.10. The van der Waals surface area contributed by atoms with Crippen LogP contribution in [-0.2, 0) is 0 Å². The molecule has 0 saturated heterocycles. The molecule has 0 aliphatic carbocycles. The quantitative estimate of drug-likeness (QED) is 0.781. The molecule has 1 atom stereocenters. The van der Waals surface area contributed by atoms with Gasteiger partial charge in [-0.3, -0.25) is 0 Å². The monoisotopic (exact) mass is 213 g/mol. The van der Waals surface area contributed by atoms with Crippen LogP contribution in [0.25, 0.3) is 0 Å². The lowest BCUT2D eigenvalue weighted by Gasteiger charge is -2.14. The van der Waals surface area contributed by atoms with Gasteiger partial charge in [0.15, 0.2) is 0 Å². The summed E-state index contributed by atoms with van der Waals surface area (Å²) in [6, 6.07) is 1.91. The molecule has 1 unspecified atom stereocenters. The van der Waals surface area contributed by atoms with Gasteiger partial charge in [-0.15, -0.1) is 11.6 Å². The molecular formula is C10H16ClN3. The molecule has 0 aliphatic heterocycles. The van der Waals surface area contributed by atoms with Gasteiger partial charge in [-0.25, -0.2) is 9.97 Å². The summed E-state index contributed by atoms with van der Waals surface area (Å²) in [7, 11) is 0. The van der Waals surface area contributed by atoms with E-state index in [1.54, 1.807) is 6.33 Å². The van der Waals surface area contributed by atoms with Gasteiger partial charge < -0.3 is 5.32 Å². The first kappa shape index (κ1) is 11.2. The second kappa shape index (κ2) is 5.15. The van der Waals surface area contributed by atoms with E-state index < -0.39 is 0 Å². The lowest BCUT2D eigenvalue weighted by molar-refractivity contribution is 0.615. The van der Waals surface area contributed by atoms with Crippen LogP contribution < -0.4 is 5.32 Å². The van der Waals surface area contributed by atoms with E-state index in [1.165, 1.54) is 0 Å². The topological polar surface area (TPSA) is 37.8 Å². The Morgan fingerprint density at radius 1 is 1.43 bits per heavy atom. The molecule has 0 amide bonds. The molecule has 78 valence electrons. The number of hydrogen-bond donors (Lipinski definition) is 1. The van der Waals surface area contributed by atoms with E-state index >= 15 is 0 Å². The summed E-state index contributed by atoms with van der Waals surface area (Å²) >= 11 is 6.10. The molecular weight excluding hydrogens is 198 g/mol. The largest absolute Gasteiger partial charge is 0.368 e. The highest BCUT2D eigenvalue weighted by Crippen LogP contribution is 2.10. The van der Waals surface area contributed by atoms with E-state index in [0.29, 0.717) is 5.92 Å². The average molecular weight is 214 g/mol. The van der Waals surface area contributed by atoms with E-state index in [0.717, 1.165) is 18.1 Å². The smallest absolute Gasteiger partial charge is 0.129 e. The molecule has 0 saturated carbocycles. The SMILES string of the molecule is Cc1cc(NCC(Cl)C(C)C)ncn1. The van der Waals surface area contributed by atoms with Crippen LogP contribution in [0.1, 0.15) is 19.5 Å². The number of nitrogens with one attached hydrogen (secondary N) is 1. The number of hydrogen-bond acceptors (Lipinski definition) is 3. The van der Waals surface area contributed by atoms with Crippen LogP contribution in [0.15, 0.2) is 12.4 Å². The van der Waals surface area contributed by atoms with Gasteiger partial charge in [-0.1, -0.05) is 13.8 Å². The molecule has 0 fully saturated rings. The number of anilines is 1. The Morgan fingerprint density at radius 3 is 2.71 bits per heavy atom. The molecule has 1 N–H and O–H groups in total. The summed E-state index contributed by atoms with van der Waals surface area (Å²) in [5.74, 6) is 1.30. The molecule has 0 aromatic carbocycles. The first-order valence-electron chi connectivity index (χ1n) is 4.76. The number of nitrogens with zero attached hydrogens (tertiary/aromatic N) is 2. The van der Waals surface area contributed by atoms with Crippen molar-refractivity contribution in [2.75, 3.05) is 11.9 Å². The fourth-order valence-corrected chi connectivity index (χ4v) is 1.07. The van der Waals surface area contributed by atoms with Crippen molar-refractivity contribution in [1.82, 2.24) is 9.97 Å². The maximum Gasteiger partial charge on any atom is 0.129 e. The number of aromatic nitrogens is 2. The second-order valence-corrected chi connectivity index (χ2v) is 4.25. The van der Waals surface area contributed by atoms with E-state index in [-0.39, 0.29) is 5.38 Å². The highest BCUT2D eigenvalue weighted by atomic mass is 35.5. The van der Waals surface area contributed by atoms with Crippen molar-refractivity contribution >= 4 is 17.4 Å². The highest BCUT2D eigenvalue weighted by molar-refractivity contribution is 6.21. The Hall–Kier alpha value is -0.830. The molecule has 1 aromatic rings. The van der Waals surface area contributed by atoms with Gasteiger partial charge >= 0.3 is 0 Å². The van der Waals surface area contributed by atoms with Crippen molar-refractivity contribution in [3.05, 3.63) is 18.1 Å². The molecule has 1 heterocycles. The van der Waals surface area contributed by atoms with Crippen molar-refractivity contribution in [2.45, 2.75) is 26.1 Å². The lowest BCUT2D eigenvalue weighted by atomic mass is 10.1. The Kier molecular flexibility index (Phi) is 4.14. The average Bonchev–Trinajstić information content (AvgIpc) is 2.14. The summed E-state index contributed by atoms with van der Waals surface area (Å²) in [5, 5.41) is 3.31. The van der Waals surface area contributed by atoms with Crippen LogP contribution in [0.5, 0.6) is 0 Å². The minimum Gasteiger partial charge on any atom is -0.368 e. The summed E-state index contributed by atoms with van der Waals surface area (Å²) in [5.41, 5.74) is 0.957. The zero-order chi connectivity index (χ0) is 10.6. The Morgan fingerprint density at radius 2 is 2.14 bits per heavy atom.